The molecule has 0 unspecified atom stereocenters. The molecule has 0 bridgehead atoms. The van der Waals surface area contributed by atoms with E-state index in [4.69, 9.17) is 34.8 Å². The van der Waals surface area contributed by atoms with Crippen molar-refractivity contribution >= 4 is 34.8 Å². The second kappa shape index (κ2) is 19.2. The molecular weight excluding hydrogens is 348 g/mol. The van der Waals surface area contributed by atoms with Gasteiger partial charge < -0.3 is 16.9 Å². The quantitative estimate of drug-likeness (QED) is 0.291. The summed E-state index contributed by atoms with van der Waals surface area (Å²) in [5.74, 6) is 0. The van der Waals surface area contributed by atoms with E-state index in [2.05, 4.69) is 28.1 Å². The van der Waals surface area contributed by atoms with Crippen molar-refractivity contribution in [1.82, 2.24) is 0 Å². The molecule has 0 rings (SSSR count). The number of halogens is 4. The molecule has 0 aliphatic carbocycles. The zero-order valence-electron chi connectivity index (χ0n) is 14.3. The van der Waals surface area contributed by atoms with E-state index in [1.165, 1.54) is 70.8 Å². The van der Waals surface area contributed by atoms with Crippen LogP contribution in [-0.2, 0) is 0 Å². The molecular formula is C16H35Cl4N. The summed E-state index contributed by atoms with van der Waals surface area (Å²) in [4.78, 5) is 0. The number of hydrogen-bond donors (Lipinski definition) is 0. The van der Waals surface area contributed by atoms with Crippen LogP contribution in [0.1, 0.15) is 71.1 Å². The van der Waals surface area contributed by atoms with E-state index in [0.717, 1.165) is 4.48 Å². The molecule has 0 aliphatic heterocycles. The van der Waals surface area contributed by atoms with Gasteiger partial charge >= 0.3 is 0 Å². The molecule has 1 nitrogen and oxygen atoms in total. The Balaban J connectivity index is -0.000000572. The molecule has 0 radical (unpaired) electrons. The SMILES string of the molecule is CCCCCCCCCCCC[N+](C)(C)C.ClC(Cl)Cl.[Cl-]. The highest BCUT2D eigenvalue weighted by atomic mass is 35.6. The van der Waals surface area contributed by atoms with Crippen molar-refractivity contribution in [2.75, 3.05) is 27.7 Å². The summed E-state index contributed by atoms with van der Waals surface area (Å²) in [6, 6.07) is 0. The van der Waals surface area contributed by atoms with Gasteiger partial charge in [-0.1, -0.05) is 93.1 Å². The molecule has 132 valence electrons. The van der Waals surface area contributed by atoms with Crippen LogP contribution in [0.25, 0.3) is 0 Å². The summed E-state index contributed by atoms with van der Waals surface area (Å²) in [5, 5.41) is 0. The van der Waals surface area contributed by atoms with Crippen LogP contribution < -0.4 is 12.4 Å². The molecule has 0 aromatic heterocycles. The highest BCUT2D eigenvalue weighted by Gasteiger charge is 2.04. The normalized spacial score (nSPS) is 10.9. The van der Waals surface area contributed by atoms with E-state index >= 15 is 0 Å². The maximum absolute atomic E-state index is 4.81. The summed E-state index contributed by atoms with van der Waals surface area (Å²) < 4.78 is 0.372. The largest absolute Gasteiger partial charge is 1.00 e. The van der Waals surface area contributed by atoms with Crippen molar-refractivity contribution in [3.05, 3.63) is 0 Å². The molecule has 0 spiro atoms. The first kappa shape index (κ1) is 27.0. The Morgan fingerprint density at radius 1 is 0.667 bits per heavy atom. The van der Waals surface area contributed by atoms with Gasteiger partial charge in [-0.05, 0) is 12.8 Å². The molecule has 0 saturated heterocycles. The van der Waals surface area contributed by atoms with Gasteiger partial charge in [0.25, 0.3) is 0 Å². The average Bonchev–Trinajstić information content (AvgIpc) is 2.29. The third-order valence-corrected chi connectivity index (χ3v) is 3.18. The third kappa shape index (κ3) is 38.7. The minimum absolute atomic E-state index is 0. The number of unbranched alkanes of at least 4 members (excludes halogenated alkanes) is 9. The molecule has 0 fully saturated rings. The molecule has 0 atom stereocenters. The number of rotatable bonds is 11. The molecule has 0 N–H and O–H groups in total. The van der Waals surface area contributed by atoms with Crippen molar-refractivity contribution in [1.29, 1.82) is 0 Å². The van der Waals surface area contributed by atoms with Gasteiger partial charge in [0.05, 0.1) is 27.7 Å². The zero-order valence-corrected chi connectivity index (χ0v) is 17.3. The van der Waals surface area contributed by atoms with Crippen LogP contribution in [0.3, 0.4) is 0 Å². The summed E-state index contributed by atoms with van der Waals surface area (Å²) >= 11 is 14.4. The second-order valence-electron chi connectivity index (χ2n) is 6.44. The van der Waals surface area contributed by atoms with Gasteiger partial charge in [-0.25, -0.2) is 0 Å². The molecule has 0 saturated carbocycles. The van der Waals surface area contributed by atoms with Crippen LogP contribution in [0.15, 0.2) is 0 Å². The third-order valence-electron chi connectivity index (χ3n) is 3.18. The van der Waals surface area contributed by atoms with Gasteiger partial charge in [0.15, 0.2) is 4.30 Å². The Morgan fingerprint density at radius 3 is 1.24 bits per heavy atom. The second-order valence-corrected chi connectivity index (χ2v) is 8.42. The van der Waals surface area contributed by atoms with Crippen molar-refractivity contribution in [3.63, 3.8) is 0 Å². The molecule has 0 aliphatic rings. The van der Waals surface area contributed by atoms with E-state index < -0.39 is 4.30 Å². The molecule has 0 heterocycles. The van der Waals surface area contributed by atoms with Crippen LogP contribution in [0.5, 0.6) is 0 Å². The summed E-state index contributed by atoms with van der Waals surface area (Å²) in [6.07, 6.45) is 14.4. The lowest BCUT2D eigenvalue weighted by atomic mass is 10.1. The van der Waals surface area contributed by atoms with Crippen LogP contribution in [0.4, 0.5) is 0 Å². The first-order chi connectivity index (χ1) is 9.29. The highest BCUT2D eigenvalue weighted by molar-refractivity contribution is 6.63. The van der Waals surface area contributed by atoms with Gasteiger partial charge in [-0.15, -0.1) is 0 Å². The average molecular weight is 383 g/mol. The Morgan fingerprint density at radius 2 is 0.952 bits per heavy atom. The van der Waals surface area contributed by atoms with Crippen molar-refractivity contribution < 1.29 is 16.9 Å². The Hall–Kier alpha value is 1.12. The van der Waals surface area contributed by atoms with Crippen molar-refractivity contribution in [2.24, 2.45) is 0 Å². The van der Waals surface area contributed by atoms with Crippen LogP contribution in [-0.4, -0.2) is 36.5 Å². The van der Waals surface area contributed by atoms with E-state index in [1.807, 2.05) is 0 Å². The summed E-state index contributed by atoms with van der Waals surface area (Å²) in [5.41, 5.74) is 0. The van der Waals surface area contributed by atoms with E-state index in [0.29, 0.717) is 0 Å². The van der Waals surface area contributed by atoms with Crippen LogP contribution in [0, 0.1) is 0 Å². The first-order valence-corrected chi connectivity index (χ1v) is 9.33. The topological polar surface area (TPSA) is 0 Å². The minimum atomic E-state index is -0.750. The maximum atomic E-state index is 4.81. The Kier molecular flexibility index (Phi) is 24.6. The molecule has 0 amide bonds. The fourth-order valence-electron chi connectivity index (χ4n) is 2.07. The Labute approximate surface area is 154 Å². The maximum Gasteiger partial charge on any atom is 0.180 e. The monoisotopic (exact) mass is 381 g/mol. The number of nitrogens with zero attached hydrogens (tertiary/aromatic N) is 1. The van der Waals surface area contributed by atoms with Crippen LogP contribution in [0.2, 0.25) is 0 Å². The lowest BCUT2D eigenvalue weighted by molar-refractivity contribution is -0.870. The fraction of sp³-hybridized carbons (Fsp3) is 1.00. The fourth-order valence-corrected chi connectivity index (χ4v) is 2.07. The summed E-state index contributed by atoms with van der Waals surface area (Å²) in [7, 11) is 6.86. The van der Waals surface area contributed by atoms with Gasteiger partial charge in [-0.2, -0.15) is 0 Å². The van der Waals surface area contributed by atoms with Crippen molar-refractivity contribution in [2.45, 2.75) is 75.4 Å². The van der Waals surface area contributed by atoms with E-state index in [9.17, 15) is 0 Å². The number of alkyl halides is 3. The van der Waals surface area contributed by atoms with Gasteiger partial charge in [-0.3, -0.25) is 0 Å². The molecule has 0 aromatic rings. The zero-order chi connectivity index (χ0) is 15.9. The van der Waals surface area contributed by atoms with Gasteiger partial charge in [0.1, 0.15) is 0 Å². The van der Waals surface area contributed by atoms with Crippen molar-refractivity contribution in [3.8, 4) is 0 Å². The predicted molar refractivity (Wildman–Crippen MR) is 96.1 cm³/mol. The Bertz CT molecular complexity index is 179. The first-order valence-electron chi connectivity index (χ1n) is 8.02. The van der Waals surface area contributed by atoms with E-state index in [1.54, 1.807) is 0 Å². The lowest BCUT2D eigenvalue weighted by Gasteiger charge is -2.23. The number of quaternary nitrogens is 1. The predicted octanol–water partition coefficient (Wildman–Crippen LogP) is 3.60. The number of hydrogen-bond acceptors (Lipinski definition) is 0. The molecule has 5 heteroatoms. The van der Waals surface area contributed by atoms with E-state index in [-0.39, 0.29) is 12.4 Å². The highest BCUT2D eigenvalue weighted by Crippen LogP contribution is 2.11. The van der Waals surface area contributed by atoms with Gasteiger partial charge in [0, 0.05) is 0 Å². The molecule has 0 aromatic carbocycles. The minimum Gasteiger partial charge on any atom is -1.00 e. The smallest absolute Gasteiger partial charge is 0.180 e. The standard InChI is InChI=1S/C15H34N.CHCl3.ClH/c1-5-6-7-8-9-10-11-12-13-14-15-16(2,3)4;2-1(3)4;/h5-15H2,1-4H3;1H;1H/q+1;;/p-1. The lowest BCUT2D eigenvalue weighted by Crippen LogP contribution is -3.00. The summed E-state index contributed by atoms with van der Waals surface area (Å²) in [6.45, 7) is 3.62. The van der Waals surface area contributed by atoms with Gasteiger partial charge in [0.2, 0.25) is 0 Å². The van der Waals surface area contributed by atoms with Crippen LogP contribution >= 0.6 is 34.8 Å². The molecule has 21 heavy (non-hydrogen) atoms.